The van der Waals surface area contributed by atoms with E-state index in [0.29, 0.717) is 0 Å². The zero-order valence-corrected chi connectivity index (χ0v) is 11.9. The van der Waals surface area contributed by atoms with E-state index in [0.717, 1.165) is 10.9 Å². The van der Waals surface area contributed by atoms with Gasteiger partial charge in [-0.1, -0.05) is 37.8 Å². The molecule has 1 aromatic carbocycles. The smallest absolute Gasteiger partial charge is 0.255 e. The third-order valence-corrected chi connectivity index (χ3v) is 4.17. The third-order valence-electron chi connectivity index (χ3n) is 2.30. The van der Waals surface area contributed by atoms with E-state index in [-0.39, 0.29) is 5.91 Å². The van der Waals surface area contributed by atoms with Crippen LogP contribution >= 0.6 is 0 Å². The third kappa shape index (κ3) is 4.06. The Balaban J connectivity index is 2.93. The Morgan fingerprint density at radius 3 is 2.29 bits per heavy atom. The molecule has 0 aliphatic carbocycles. The molecule has 17 heavy (non-hydrogen) atoms. The van der Waals surface area contributed by atoms with Crippen LogP contribution in [0.25, 0.3) is 0 Å². The van der Waals surface area contributed by atoms with Gasteiger partial charge in [0.25, 0.3) is 5.91 Å². The lowest BCUT2D eigenvalue weighted by atomic mass is 10.3. The Kier molecular flexibility index (Phi) is 4.50. The van der Waals surface area contributed by atoms with Crippen LogP contribution in [-0.4, -0.2) is 14.0 Å². The van der Waals surface area contributed by atoms with Gasteiger partial charge in [0, 0.05) is 10.9 Å². The highest BCUT2D eigenvalue weighted by Gasteiger charge is 2.25. The first-order valence-corrected chi connectivity index (χ1v) is 9.23. The molecule has 0 atom stereocenters. The lowest BCUT2D eigenvalue weighted by Gasteiger charge is -2.18. The van der Waals surface area contributed by atoms with Crippen molar-refractivity contribution >= 4 is 19.7 Å². The number of amides is 1. The maximum atomic E-state index is 12.2. The van der Waals surface area contributed by atoms with E-state index in [2.05, 4.69) is 30.7 Å². The van der Waals surface area contributed by atoms with Gasteiger partial charge < -0.3 is 5.32 Å². The Hall–Kier alpha value is -1.57. The topological polar surface area (TPSA) is 29.1 Å². The molecule has 0 spiro atoms. The van der Waals surface area contributed by atoms with Crippen molar-refractivity contribution in [2.75, 3.05) is 5.32 Å². The molecule has 0 saturated carbocycles. The zero-order valence-electron chi connectivity index (χ0n) is 10.9. The monoisotopic (exact) mass is 245 g/mol. The van der Waals surface area contributed by atoms with Gasteiger partial charge in [-0.3, -0.25) is 4.79 Å². The maximum Gasteiger partial charge on any atom is 0.255 e. The molecule has 0 aliphatic rings. The first kappa shape index (κ1) is 13.5. The number of hydrogen-bond donors (Lipinski definition) is 1. The molecule has 1 aromatic rings. The van der Waals surface area contributed by atoms with Crippen molar-refractivity contribution in [3.8, 4) is 0 Å². The normalized spacial score (nSPS) is 10.4. The SMILES string of the molecule is CC=C=C(C(=O)Nc1ccccc1)[Si](C)(C)C. The summed E-state index contributed by atoms with van der Waals surface area (Å²) in [6, 6.07) is 9.51. The van der Waals surface area contributed by atoms with Gasteiger partial charge in [0.2, 0.25) is 0 Å². The molecule has 0 heterocycles. The minimum atomic E-state index is -1.66. The molecule has 1 rings (SSSR count). The van der Waals surface area contributed by atoms with Gasteiger partial charge in [-0.25, -0.2) is 0 Å². The fourth-order valence-corrected chi connectivity index (χ4v) is 2.80. The summed E-state index contributed by atoms with van der Waals surface area (Å²) in [5, 5.41) is 3.70. The van der Waals surface area contributed by atoms with E-state index in [1.165, 1.54) is 0 Å². The van der Waals surface area contributed by atoms with Crippen LogP contribution < -0.4 is 5.32 Å². The van der Waals surface area contributed by atoms with Gasteiger partial charge in [-0.2, -0.15) is 0 Å². The quantitative estimate of drug-likeness (QED) is 0.492. The second-order valence-electron chi connectivity index (χ2n) is 4.88. The number of rotatable bonds is 3. The van der Waals surface area contributed by atoms with Gasteiger partial charge in [-0.15, -0.1) is 5.73 Å². The fourth-order valence-electron chi connectivity index (χ4n) is 1.48. The molecule has 3 heteroatoms. The Bertz CT molecular complexity index is 451. The number of hydrogen-bond acceptors (Lipinski definition) is 1. The first-order valence-electron chi connectivity index (χ1n) is 5.73. The first-order chi connectivity index (χ1) is 7.95. The van der Waals surface area contributed by atoms with E-state index < -0.39 is 8.07 Å². The van der Waals surface area contributed by atoms with Crippen molar-refractivity contribution in [2.45, 2.75) is 26.6 Å². The summed E-state index contributed by atoms with van der Waals surface area (Å²) in [7, 11) is -1.66. The van der Waals surface area contributed by atoms with Crippen LogP contribution in [0.2, 0.25) is 19.6 Å². The number of carbonyl (C=O) groups excluding carboxylic acids is 1. The van der Waals surface area contributed by atoms with Gasteiger partial charge in [0.15, 0.2) is 0 Å². The van der Waals surface area contributed by atoms with Gasteiger partial charge >= 0.3 is 0 Å². The highest BCUT2D eigenvalue weighted by molar-refractivity contribution is 6.87. The molecule has 0 bridgehead atoms. The lowest BCUT2D eigenvalue weighted by Crippen LogP contribution is -2.32. The summed E-state index contributed by atoms with van der Waals surface area (Å²) in [6.07, 6.45) is 1.80. The minimum absolute atomic E-state index is 0.0338. The molecule has 90 valence electrons. The van der Waals surface area contributed by atoms with Crippen molar-refractivity contribution in [3.05, 3.63) is 47.3 Å². The summed E-state index contributed by atoms with van der Waals surface area (Å²) >= 11 is 0. The Labute approximate surface area is 104 Å². The molecule has 2 nitrogen and oxygen atoms in total. The maximum absolute atomic E-state index is 12.2. The Morgan fingerprint density at radius 1 is 1.24 bits per heavy atom. The molecular formula is C14H19NOSi. The van der Waals surface area contributed by atoms with Crippen molar-refractivity contribution in [1.29, 1.82) is 0 Å². The zero-order chi connectivity index (χ0) is 12.9. The second-order valence-corrected chi connectivity index (χ2v) is 9.88. The molecule has 0 saturated heterocycles. The van der Waals surface area contributed by atoms with Crippen LogP contribution in [0.5, 0.6) is 0 Å². The van der Waals surface area contributed by atoms with E-state index in [4.69, 9.17) is 0 Å². The fraction of sp³-hybridized carbons (Fsp3) is 0.286. The molecular weight excluding hydrogens is 226 g/mol. The van der Waals surface area contributed by atoms with Crippen LogP contribution in [-0.2, 0) is 4.79 Å². The Morgan fingerprint density at radius 2 is 1.82 bits per heavy atom. The lowest BCUT2D eigenvalue weighted by molar-refractivity contribution is -0.112. The molecule has 1 N–H and O–H groups in total. The second kappa shape index (κ2) is 5.67. The molecule has 0 unspecified atom stereocenters. The molecule has 0 aliphatic heterocycles. The van der Waals surface area contributed by atoms with Crippen molar-refractivity contribution in [2.24, 2.45) is 0 Å². The van der Waals surface area contributed by atoms with Crippen molar-refractivity contribution in [1.82, 2.24) is 0 Å². The van der Waals surface area contributed by atoms with E-state index in [1.807, 2.05) is 37.3 Å². The minimum Gasteiger partial charge on any atom is -0.322 e. The van der Waals surface area contributed by atoms with Crippen molar-refractivity contribution < 1.29 is 4.79 Å². The van der Waals surface area contributed by atoms with E-state index in [9.17, 15) is 4.79 Å². The summed E-state index contributed by atoms with van der Waals surface area (Å²) < 4.78 is 0. The van der Waals surface area contributed by atoms with Crippen LogP contribution in [0.4, 0.5) is 5.69 Å². The predicted octanol–water partition coefficient (Wildman–Crippen LogP) is 3.60. The van der Waals surface area contributed by atoms with E-state index in [1.54, 1.807) is 6.08 Å². The number of anilines is 1. The van der Waals surface area contributed by atoms with Crippen molar-refractivity contribution in [3.63, 3.8) is 0 Å². The van der Waals surface area contributed by atoms with Crippen LogP contribution in [0.1, 0.15) is 6.92 Å². The number of nitrogens with one attached hydrogen (secondary N) is 1. The van der Waals surface area contributed by atoms with Gasteiger partial charge in [0.05, 0.1) is 8.07 Å². The van der Waals surface area contributed by atoms with Crippen LogP contribution in [0.15, 0.2) is 47.3 Å². The van der Waals surface area contributed by atoms with Crippen LogP contribution in [0.3, 0.4) is 0 Å². The predicted molar refractivity (Wildman–Crippen MR) is 75.7 cm³/mol. The summed E-state index contributed by atoms with van der Waals surface area (Å²) in [5.41, 5.74) is 3.91. The largest absolute Gasteiger partial charge is 0.322 e. The van der Waals surface area contributed by atoms with Crippen LogP contribution in [0, 0.1) is 0 Å². The molecule has 1 amide bonds. The van der Waals surface area contributed by atoms with E-state index >= 15 is 0 Å². The molecule has 0 radical (unpaired) electrons. The highest BCUT2D eigenvalue weighted by atomic mass is 28.3. The average molecular weight is 245 g/mol. The standard InChI is InChI=1S/C14H19NOSi/c1-5-9-13(17(2,3)4)14(16)15-12-10-7-6-8-11-12/h5-8,10-11H,1-4H3,(H,15,16). The number of benzene rings is 1. The number of para-hydroxylation sites is 1. The summed E-state index contributed by atoms with van der Waals surface area (Å²) in [4.78, 5) is 12.2. The van der Waals surface area contributed by atoms with Gasteiger partial charge in [0.1, 0.15) is 0 Å². The number of carbonyl (C=O) groups is 1. The summed E-state index contributed by atoms with van der Waals surface area (Å²) in [5.74, 6) is -0.0338. The molecule has 0 aromatic heterocycles. The highest BCUT2D eigenvalue weighted by Crippen LogP contribution is 2.16. The average Bonchev–Trinajstić information content (AvgIpc) is 2.25. The molecule has 0 fully saturated rings. The van der Waals surface area contributed by atoms with Gasteiger partial charge in [-0.05, 0) is 25.1 Å². The summed E-state index contributed by atoms with van der Waals surface area (Å²) in [6.45, 7) is 8.31.